The predicted octanol–water partition coefficient (Wildman–Crippen LogP) is 2.38. The molecule has 1 heterocycles. The minimum atomic E-state index is 0.584. The third kappa shape index (κ3) is 5.21. The highest BCUT2D eigenvalue weighted by Crippen LogP contribution is 2.18. The van der Waals surface area contributed by atoms with E-state index in [0.29, 0.717) is 17.9 Å². The number of rotatable bonds is 6. The van der Waals surface area contributed by atoms with E-state index < -0.39 is 0 Å². The molecule has 1 aliphatic rings. The molecule has 0 aromatic carbocycles. The maximum absolute atomic E-state index is 5.49. The average Bonchev–Trinajstić information content (AvgIpc) is 2.65. The molecule has 1 saturated heterocycles. The molecule has 0 radical (unpaired) electrons. The van der Waals surface area contributed by atoms with Crippen LogP contribution in [0.25, 0.3) is 0 Å². The number of aliphatic imine (C=N–C) groups is 1. The van der Waals surface area contributed by atoms with Crippen LogP contribution in [0.5, 0.6) is 0 Å². The highest BCUT2D eigenvalue weighted by molar-refractivity contribution is 8.14. The van der Waals surface area contributed by atoms with Crippen LogP contribution < -0.4 is 5.32 Å². The first kappa shape index (κ1) is 13.8. The molecule has 0 spiro atoms. The molecule has 1 fully saturated rings. The number of thioether (sulfide) groups is 1. The molecule has 0 saturated carbocycles. The summed E-state index contributed by atoms with van der Waals surface area (Å²) in [6.45, 7) is 11.1. The van der Waals surface area contributed by atoms with Gasteiger partial charge in [0.25, 0.3) is 0 Å². The van der Waals surface area contributed by atoms with Crippen LogP contribution in [0.3, 0.4) is 0 Å². The van der Waals surface area contributed by atoms with Gasteiger partial charge in [0, 0.05) is 18.4 Å². The normalized spacial score (nSPS) is 23.4. The lowest BCUT2D eigenvalue weighted by atomic mass is 10.1. The van der Waals surface area contributed by atoms with E-state index in [9.17, 15) is 0 Å². The molecule has 1 atom stereocenters. The van der Waals surface area contributed by atoms with Crippen LogP contribution in [0, 0.1) is 11.8 Å². The molecule has 1 aliphatic heterocycles. The Kier molecular flexibility index (Phi) is 6.21. The Morgan fingerprint density at radius 2 is 2.19 bits per heavy atom. The first-order valence-electron chi connectivity index (χ1n) is 6.11. The van der Waals surface area contributed by atoms with Crippen molar-refractivity contribution >= 4 is 16.9 Å². The van der Waals surface area contributed by atoms with E-state index in [4.69, 9.17) is 4.74 Å². The van der Waals surface area contributed by atoms with Gasteiger partial charge in [0.15, 0.2) is 5.17 Å². The van der Waals surface area contributed by atoms with Crippen LogP contribution >= 0.6 is 11.8 Å². The summed E-state index contributed by atoms with van der Waals surface area (Å²) < 4.78 is 5.49. The molecule has 0 aromatic rings. The smallest absolute Gasteiger partial charge is 0.156 e. The molecule has 3 nitrogen and oxygen atoms in total. The SMILES string of the molecule is CC(C)COCCN=C1N[C@@H](C(C)C)CS1. The first-order chi connectivity index (χ1) is 7.59. The minimum Gasteiger partial charge on any atom is -0.379 e. The van der Waals surface area contributed by atoms with E-state index in [1.807, 2.05) is 11.8 Å². The van der Waals surface area contributed by atoms with Crippen LogP contribution in [0.15, 0.2) is 4.99 Å². The Hall–Kier alpha value is -0.220. The number of hydrogen-bond donors (Lipinski definition) is 1. The van der Waals surface area contributed by atoms with Crippen LogP contribution in [0.2, 0.25) is 0 Å². The van der Waals surface area contributed by atoms with Crippen LogP contribution in [-0.2, 0) is 4.74 Å². The van der Waals surface area contributed by atoms with E-state index >= 15 is 0 Å². The molecule has 16 heavy (non-hydrogen) atoms. The van der Waals surface area contributed by atoms with Gasteiger partial charge in [-0.2, -0.15) is 0 Å². The highest BCUT2D eigenvalue weighted by atomic mass is 32.2. The molecule has 1 rings (SSSR count). The van der Waals surface area contributed by atoms with Crippen LogP contribution in [0.4, 0.5) is 0 Å². The van der Waals surface area contributed by atoms with Gasteiger partial charge in [0.1, 0.15) is 0 Å². The summed E-state index contributed by atoms with van der Waals surface area (Å²) >= 11 is 1.83. The van der Waals surface area contributed by atoms with Gasteiger partial charge < -0.3 is 10.1 Å². The lowest BCUT2D eigenvalue weighted by molar-refractivity contribution is 0.117. The molecule has 1 N–H and O–H groups in total. The fourth-order valence-corrected chi connectivity index (χ4v) is 2.61. The number of hydrogen-bond acceptors (Lipinski definition) is 3. The largest absolute Gasteiger partial charge is 0.379 e. The molecular formula is C12H24N2OS. The Balaban J connectivity index is 2.12. The Morgan fingerprint density at radius 1 is 1.44 bits per heavy atom. The van der Waals surface area contributed by atoms with Gasteiger partial charge in [0.2, 0.25) is 0 Å². The average molecular weight is 244 g/mol. The first-order valence-corrected chi connectivity index (χ1v) is 7.09. The predicted molar refractivity (Wildman–Crippen MR) is 72.2 cm³/mol. The summed E-state index contributed by atoms with van der Waals surface area (Å²) in [4.78, 5) is 4.50. The highest BCUT2D eigenvalue weighted by Gasteiger charge is 2.22. The van der Waals surface area contributed by atoms with Crippen molar-refractivity contribution in [2.45, 2.75) is 33.7 Å². The summed E-state index contributed by atoms with van der Waals surface area (Å²) in [5.74, 6) is 2.43. The maximum atomic E-state index is 5.49. The molecular weight excluding hydrogens is 220 g/mol. The second-order valence-electron chi connectivity index (χ2n) is 4.96. The van der Waals surface area contributed by atoms with Crippen molar-refractivity contribution in [1.29, 1.82) is 0 Å². The standard InChI is InChI=1S/C12H24N2OS/c1-9(2)7-15-6-5-13-12-14-11(8-16-12)10(3)4/h9-11H,5-8H2,1-4H3,(H,13,14)/t11-/m1/s1. The zero-order valence-electron chi connectivity index (χ0n) is 10.8. The summed E-state index contributed by atoms with van der Waals surface area (Å²) in [7, 11) is 0. The van der Waals surface area contributed by atoms with Crippen molar-refractivity contribution in [2.24, 2.45) is 16.8 Å². The van der Waals surface area contributed by atoms with E-state index in [1.54, 1.807) is 0 Å². The Bertz CT molecular complexity index is 229. The Labute approximate surface area is 103 Å². The quantitative estimate of drug-likeness (QED) is 0.728. The van der Waals surface area contributed by atoms with Crippen LogP contribution in [-0.4, -0.2) is 36.7 Å². The minimum absolute atomic E-state index is 0.584. The topological polar surface area (TPSA) is 33.6 Å². The second kappa shape index (κ2) is 7.17. The van der Waals surface area contributed by atoms with Gasteiger partial charge >= 0.3 is 0 Å². The zero-order chi connectivity index (χ0) is 12.0. The fourth-order valence-electron chi connectivity index (χ4n) is 1.39. The summed E-state index contributed by atoms with van der Waals surface area (Å²) in [5, 5.41) is 4.54. The van der Waals surface area contributed by atoms with Crippen LogP contribution in [0.1, 0.15) is 27.7 Å². The lowest BCUT2D eigenvalue weighted by Gasteiger charge is -2.13. The van der Waals surface area contributed by atoms with Gasteiger partial charge in [-0.3, -0.25) is 4.99 Å². The molecule has 0 amide bonds. The number of nitrogens with zero attached hydrogens (tertiary/aromatic N) is 1. The molecule has 0 bridgehead atoms. The molecule has 94 valence electrons. The summed E-state index contributed by atoms with van der Waals surface area (Å²) in [6, 6.07) is 0.584. The number of amidine groups is 1. The fraction of sp³-hybridized carbons (Fsp3) is 0.917. The van der Waals surface area contributed by atoms with E-state index in [-0.39, 0.29) is 0 Å². The number of ether oxygens (including phenoxy) is 1. The maximum Gasteiger partial charge on any atom is 0.156 e. The number of nitrogens with one attached hydrogen (secondary N) is 1. The monoisotopic (exact) mass is 244 g/mol. The summed E-state index contributed by atoms with van der Waals surface area (Å²) in [5.41, 5.74) is 0. The van der Waals surface area contributed by atoms with Gasteiger partial charge in [0.05, 0.1) is 13.2 Å². The lowest BCUT2D eigenvalue weighted by Crippen LogP contribution is -2.31. The Morgan fingerprint density at radius 3 is 2.75 bits per heavy atom. The molecule has 0 unspecified atom stereocenters. The van der Waals surface area contributed by atoms with E-state index in [1.165, 1.54) is 0 Å². The summed E-state index contributed by atoms with van der Waals surface area (Å²) in [6.07, 6.45) is 0. The second-order valence-corrected chi connectivity index (χ2v) is 5.97. The van der Waals surface area contributed by atoms with Crippen molar-refractivity contribution < 1.29 is 4.74 Å². The van der Waals surface area contributed by atoms with Crippen molar-refractivity contribution in [3.8, 4) is 0 Å². The van der Waals surface area contributed by atoms with Crippen molar-refractivity contribution in [3.63, 3.8) is 0 Å². The van der Waals surface area contributed by atoms with E-state index in [2.05, 4.69) is 38.0 Å². The van der Waals surface area contributed by atoms with Crippen molar-refractivity contribution in [2.75, 3.05) is 25.5 Å². The van der Waals surface area contributed by atoms with Gasteiger partial charge in [-0.05, 0) is 11.8 Å². The third-order valence-corrected chi connectivity index (χ3v) is 3.50. The van der Waals surface area contributed by atoms with Crippen molar-refractivity contribution in [1.82, 2.24) is 5.32 Å². The van der Waals surface area contributed by atoms with Crippen molar-refractivity contribution in [3.05, 3.63) is 0 Å². The van der Waals surface area contributed by atoms with Gasteiger partial charge in [-0.25, -0.2) is 0 Å². The third-order valence-electron chi connectivity index (χ3n) is 2.46. The zero-order valence-corrected chi connectivity index (χ0v) is 11.6. The van der Waals surface area contributed by atoms with E-state index in [0.717, 1.165) is 30.7 Å². The van der Waals surface area contributed by atoms with Gasteiger partial charge in [-0.15, -0.1) is 0 Å². The molecule has 0 aliphatic carbocycles. The van der Waals surface area contributed by atoms with Gasteiger partial charge in [-0.1, -0.05) is 39.5 Å². The molecule has 0 aromatic heterocycles. The molecule has 4 heteroatoms.